The summed E-state index contributed by atoms with van der Waals surface area (Å²) in [7, 11) is 0. The van der Waals surface area contributed by atoms with Crippen LogP contribution in [0.2, 0.25) is 5.02 Å². The Kier molecular flexibility index (Phi) is 4.45. The van der Waals surface area contributed by atoms with E-state index in [4.69, 9.17) is 11.6 Å². The van der Waals surface area contributed by atoms with Gasteiger partial charge in [-0.2, -0.15) is 0 Å². The van der Waals surface area contributed by atoms with Gasteiger partial charge in [0.1, 0.15) is 5.82 Å². The van der Waals surface area contributed by atoms with Crippen LogP contribution in [0.25, 0.3) is 0 Å². The Morgan fingerprint density at radius 3 is 2.67 bits per heavy atom. The fourth-order valence-corrected chi connectivity index (χ4v) is 3.11. The van der Waals surface area contributed by atoms with Crippen molar-refractivity contribution in [3.05, 3.63) is 34.6 Å². The molecular weight excluding hydrogens is 291 g/mol. The third kappa shape index (κ3) is 3.55. The maximum Gasteiger partial charge on any atom is 0.257 e. The summed E-state index contributed by atoms with van der Waals surface area (Å²) in [5, 5.41) is 3.73. The lowest BCUT2D eigenvalue weighted by Gasteiger charge is -2.30. The maximum atomic E-state index is 13.9. The van der Waals surface area contributed by atoms with Gasteiger partial charge >= 0.3 is 0 Å². The van der Waals surface area contributed by atoms with Crippen LogP contribution < -0.4 is 5.32 Å². The molecule has 0 unspecified atom stereocenters. The van der Waals surface area contributed by atoms with Gasteiger partial charge in [0.2, 0.25) is 0 Å². The van der Waals surface area contributed by atoms with E-state index in [1.807, 2.05) is 4.90 Å². The number of rotatable bonds is 4. The molecule has 2 fully saturated rings. The number of hydrogen-bond donors (Lipinski definition) is 1. The van der Waals surface area contributed by atoms with Gasteiger partial charge in [0.25, 0.3) is 5.91 Å². The number of nitrogens with zero attached hydrogens (tertiary/aromatic N) is 1. The number of nitrogens with one attached hydrogen (secondary N) is 1. The normalized spacial score (nSPS) is 19.5. The average molecular weight is 311 g/mol. The highest BCUT2D eigenvalue weighted by Crippen LogP contribution is 2.31. The molecule has 0 radical (unpaired) electrons. The van der Waals surface area contributed by atoms with Crippen LogP contribution in [0, 0.1) is 11.7 Å². The number of amides is 1. The second kappa shape index (κ2) is 6.32. The molecule has 1 saturated carbocycles. The number of hydrogen-bond acceptors (Lipinski definition) is 2. The molecule has 21 heavy (non-hydrogen) atoms. The number of carbonyl (C=O) groups is 1. The van der Waals surface area contributed by atoms with Gasteiger partial charge in [-0.3, -0.25) is 4.79 Å². The summed E-state index contributed by atoms with van der Waals surface area (Å²) < 4.78 is 13.9. The van der Waals surface area contributed by atoms with Crippen LogP contribution in [0.15, 0.2) is 18.2 Å². The molecule has 5 heteroatoms. The van der Waals surface area contributed by atoms with Crippen LogP contribution in [-0.4, -0.2) is 36.5 Å². The summed E-state index contributed by atoms with van der Waals surface area (Å²) in [5.41, 5.74) is 0.100. The maximum absolute atomic E-state index is 13.9. The number of halogens is 2. The number of benzene rings is 1. The van der Waals surface area contributed by atoms with Gasteiger partial charge in [-0.15, -0.1) is 0 Å². The monoisotopic (exact) mass is 310 g/mol. The minimum absolute atomic E-state index is 0.100. The summed E-state index contributed by atoms with van der Waals surface area (Å²) in [6.45, 7) is 2.74. The van der Waals surface area contributed by atoms with E-state index in [9.17, 15) is 9.18 Å². The predicted octanol–water partition coefficient (Wildman–Crippen LogP) is 3.08. The molecule has 3 rings (SSSR count). The molecule has 1 saturated heterocycles. The van der Waals surface area contributed by atoms with Crippen molar-refractivity contribution < 1.29 is 9.18 Å². The van der Waals surface area contributed by atoms with Gasteiger partial charge in [0.15, 0.2) is 0 Å². The zero-order valence-electron chi connectivity index (χ0n) is 11.9. The molecular formula is C16H20ClFN2O. The third-order valence-electron chi connectivity index (χ3n) is 4.32. The van der Waals surface area contributed by atoms with E-state index in [0.29, 0.717) is 10.9 Å². The summed E-state index contributed by atoms with van der Waals surface area (Å²) in [6, 6.07) is 4.47. The van der Waals surface area contributed by atoms with Crippen molar-refractivity contribution in [2.24, 2.45) is 5.92 Å². The third-order valence-corrected chi connectivity index (χ3v) is 4.56. The van der Waals surface area contributed by atoms with E-state index >= 15 is 0 Å². The standard InChI is InChI=1S/C16H20ClFN2O/c17-12-1-4-15(18)14(9-12)16(21)20(13-2-3-13)10-11-5-7-19-8-6-11/h1,4,9,11,13,19H,2-3,5-8,10H2. The molecule has 0 atom stereocenters. The van der Waals surface area contributed by atoms with Gasteiger partial charge in [-0.25, -0.2) is 4.39 Å². The molecule has 114 valence electrons. The van der Waals surface area contributed by atoms with Crippen LogP contribution in [-0.2, 0) is 0 Å². The molecule has 0 bridgehead atoms. The van der Waals surface area contributed by atoms with Crippen LogP contribution >= 0.6 is 11.6 Å². The molecule has 1 N–H and O–H groups in total. The molecule has 0 spiro atoms. The molecule has 1 heterocycles. The SMILES string of the molecule is O=C(c1cc(Cl)ccc1F)N(CC1CCNCC1)C1CC1. The lowest BCUT2D eigenvalue weighted by molar-refractivity contribution is 0.0697. The van der Waals surface area contributed by atoms with Crippen molar-refractivity contribution in [2.45, 2.75) is 31.7 Å². The van der Waals surface area contributed by atoms with Crippen molar-refractivity contribution in [1.82, 2.24) is 10.2 Å². The summed E-state index contributed by atoms with van der Waals surface area (Å²) in [5.74, 6) is -0.186. The molecule has 3 nitrogen and oxygen atoms in total. The molecule has 1 aliphatic heterocycles. The molecule has 1 aliphatic carbocycles. The number of carbonyl (C=O) groups excluding carboxylic acids is 1. The Bertz CT molecular complexity index is 527. The van der Waals surface area contributed by atoms with Crippen LogP contribution in [0.4, 0.5) is 4.39 Å². The molecule has 2 aliphatic rings. The van der Waals surface area contributed by atoms with Crippen molar-refractivity contribution >= 4 is 17.5 Å². The highest BCUT2D eigenvalue weighted by molar-refractivity contribution is 6.31. The van der Waals surface area contributed by atoms with E-state index in [1.165, 1.54) is 18.2 Å². The largest absolute Gasteiger partial charge is 0.335 e. The Balaban J connectivity index is 1.76. The second-order valence-corrected chi connectivity index (χ2v) is 6.44. The van der Waals surface area contributed by atoms with Crippen molar-refractivity contribution in [1.29, 1.82) is 0 Å². The zero-order chi connectivity index (χ0) is 14.8. The minimum atomic E-state index is -0.486. The van der Waals surface area contributed by atoms with Crippen LogP contribution in [0.3, 0.4) is 0 Å². The molecule has 1 amide bonds. The summed E-state index contributed by atoms with van der Waals surface area (Å²) in [4.78, 5) is 14.6. The predicted molar refractivity (Wildman–Crippen MR) is 81.1 cm³/mol. The van der Waals surface area contributed by atoms with Crippen molar-refractivity contribution in [3.63, 3.8) is 0 Å². The first-order valence-corrected chi connectivity index (χ1v) is 7.99. The first-order chi connectivity index (χ1) is 10.1. The fourth-order valence-electron chi connectivity index (χ4n) is 2.94. The Labute approximate surface area is 129 Å². The van der Waals surface area contributed by atoms with Crippen molar-refractivity contribution in [3.8, 4) is 0 Å². The number of piperidine rings is 1. The topological polar surface area (TPSA) is 32.3 Å². The fraction of sp³-hybridized carbons (Fsp3) is 0.562. The zero-order valence-corrected chi connectivity index (χ0v) is 12.7. The summed E-state index contributed by atoms with van der Waals surface area (Å²) >= 11 is 5.91. The van der Waals surface area contributed by atoms with Crippen LogP contribution in [0.1, 0.15) is 36.0 Å². The highest BCUT2D eigenvalue weighted by Gasteiger charge is 2.35. The van der Waals surface area contributed by atoms with Gasteiger partial charge in [0, 0.05) is 17.6 Å². The van der Waals surface area contributed by atoms with E-state index in [0.717, 1.165) is 45.3 Å². The van der Waals surface area contributed by atoms with E-state index in [1.54, 1.807) is 0 Å². The van der Waals surface area contributed by atoms with Gasteiger partial charge in [-0.1, -0.05) is 11.6 Å². The molecule has 1 aromatic rings. The van der Waals surface area contributed by atoms with E-state index in [-0.39, 0.29) is 17.5 Å². The first kappa shape index (κ1) is 14.8. The second-order valence-electron chi connectivity index (χ2n) is 6.01. The summed E-state index contributed by atoms with van der Waals surface area (Å²) in [6.07, 6.45) is 4.21. The van der Waals surface area contributed by atoms with Gasteiger partial charge in [-0.05, 0) is 62.9 Å². The van der Waals surface area contributed by atoms with E-state index < -0.39 is 5.82 Å². The van der Waals surface area contributed by atoms with Gasteiger partial charge < -0.3 is 10.2 Å². The highest BCUT2D eigenvalue weighted by atomic mass is 35.5. The molecule has 1 aromatic carbocycles. The minimum Gasteiger partial charge on any atom is -0.335 e. The Hall–Kier alpha value is -1.13. The lowest BCUT2D eigenvalue weighted by Crippen LogP contribution is -2.40. The average Bonchev–Trinajstić information content (AvgIpc) is 3.32. The quantitative estimate of drug-likeness (QED) is 0.927. The smallest absolute Gasteiger partial charge is 0.257 e. The lowest BCUT2D eigenvalue weighted by atomic mass is 9.97. The van der Waals surface area contributed by atoms with Crippen LogP contribution in [0.5, 0.6) is 0 Å². The Morgan fingerprint density at radius 1 is 1.29 bits per heavy atom. The van der Waals surface area contributed by atoms with E-state index in [2.05, 4.69) is 5.32 Å². The molecule has 0 aromatic heterocycles. The van der Waals surface area contributed by atoms with Crippen molar-refractivity contribution in [2.75, 3.05) is 19.6 Å². The van der Waals surface area contributed by atoms with Gasteiger partial charge in [0.05, 0.1) is 5.56 Å². The Morgan fingerprint density at radius 2 is 2.00 bits per heavy atom. The first-order valence-electron chi connectivity index (χ1n) is 7.62.